The van der Waals surface area contributed by atoms with Crippen LogP contribution in [0.4, 0.5) is 16.2 Å². The molecule has 0 spiro atoms. The number of benzene rings is 1. The topological polar surface area (TPSA) is 74.6 Å². The third kappa shape index (κ3) is 3.38. The van der Waals surface area contributed by atoms with Crippen LogP contribution in [-0.2, 0) is 0 Å². The molecule has 0 bridgehead atoms. The van der Waals surface area contributed by atoms with Crippen molar-refractivity contribution in [2.45, 2.75) is 0 Å². The first kappa shape index (κ1) is 13.7. The molecule has 2 rings (SSSR count). The third-order valence-electron chi connectivity index (χ3n) is 2.61. The smallest absolute Gasteiger partial charge is 0.326 e. The zero-order valence-corrected chi connectivity index (χ0v) is 11.2. The van der Waals surface area contributed by atoms with Crippen LogP contribution >= 0.6 is 0 Å². The summed E-state index contributed by atoms with van der Waals surface area (Å²) < 4.78 is 4.89. The van der Waals surface area contributed by atoms with Gasteiger partial charge >= 0.3 is 6.03 Å². The van der Waals surface area contributed by atoms with Gasteiger partial charge in [-0.25, -0.2) is 4.79 Å². The molecule has 2 aromatic rings. The van der Waals surface area contributed by atoms with E-state index in [1.807, 2.05) is 31.1 Å². The molecule has 0 atom stereocenters. The van der Waals surface area contributed by atoms with Crippen LogP contribution in [0, 0.1) is 0 Å². The molecule has 0 fully saturated rings. The Bertz CT molecular complexity index is 589. The van der Waals surface area contributed by atoms with E-state index in [2.05, 4.69) is 10.6 Å². The number of imide groups is 1. The van der Waals surface area contributed by atoms with E-state index in [-0.39, 0.29) is 5.76 Å². The maximum Gasteiger partial charge on any atom is 0.326 e. The van der Waals surface area contributed by atoms with E-state index in [1.54, 1.807) is 18.2 Å². The van der Waals surface area contributed by atoms with Gasteiger partial charge in [0.05, 0.1) is 6.26 Å². The molecule has 0 saturated carbocycles. The number of nitrogens with one attached hydrogen (secondary N) is 2. The Labute approximate surface area is 116 Å². The summed E-state index contributed by atoms with van der Waals surface area (Å²) in [6.45, 7) is 0. The summed E-state index contributed by atoms with van der Waals surface area (Å²) in [6.07, 6.45) is 1.37. The summed E-state index contributed by atoms with van der Waals surface area (Å²) >= 11 is 0. The molecular formula is C14H15N3O3. The fraction of sp³-hybridized carbons (Fsp3) is 0.143. The van der Waals surface area contributed by atoms with Gasteiger partial charge in [-0.2, -0.15) is 0 Å². The Kier molecular flexibility index (Phi) is 4.05. The predicted molar refractivity (Wildman–Crippen MR) is 76.0 cm³/mol. The zero-order valence-electron chi connectivity index (χ0n) is 11.2. The fourth-order valence-corrected chi connectivity index (χ4v) is 1.58. The first-order valence-electron chi connectivity index (χ1n) is 5.99. The molecule has 0 aliphatic carbocycles. The maximum atomic E-state index is 11.6. The average molecular weight is 273 g/mol. The lowest BCUT2D eigenvalue weighted by Gasteiger charge is -2.13. The summed E-state index contributed by atoms with van der Waals surface area (Å²) in [5.74, 6) is -0.500. The van der Waals surface area contributed by atoms with E-state index >= 15 is 0 Å². The van der Waals surface area contributed by atoms with Crippen molar-refractivity contribution < 1.29 is 14.0 Å². The van der Waals surface area contributed by atoms with Crippen molar-refractivity contribution >= 4 is 23.3 Å². The first-order chi connectivity index (χ1) is 9.56. The van der Waals surface area contributed by atoms with Crippen molar-refractivity contribution in [1.82, 2.24) is 5.32 Å². The van der Waals surface area contributed by atoms with E-state index in [0.717, 1.165) is 5.69 Å². The maximum absolute atomic E-state index is 11.6. The Balaban J connectivity index is 1.93. The highest BCUT2D eigenvalue weighted by atomic mass is 16.3. The first-order valence-corrected chi connectivity index (χ1v) is 5.99. The molecule has 20 heavy (non-hydrogen) atoms. The minimum Gasteiger partial charge on any atom is -0.459 e. The molecule has 3 amide bonds. The normalized spacial score (nSPS) is 9.90. The fourth-order valence-electron chi connectivity index (χ4n) is 1.58. The lowest BCUT2D eigenvalue weighted by Crippen LogP contribution is -2.34. The second-order valence-corrected chi connectivity index (χ2v) is 4.33. The molecule has 0 saturated heterocycles. The minimum atomic E-state index is -0.607. The molecular weight excluding hydrogens is 258 g/mol. The van der Waals surface area contributed by atoms with Crippen molar-refractivity contribution in [2.24, 2.45) is 0 Å². The molecule has 0 radical (unpaired) electrons. The molecule has 1 heterocycles. The Morgan fingerprint density at radius 1 is 1.10 bits per heavy atom. The Hall–Kier alpha value is -2.76. The summed E-state index contributed by atoms with van der Waals surface area (Å²) in [4.78, 5) is 25.2. The summed E-state index contributed by atoms with van der Waals surface area (Å²) in [6, 6.07) is 9.69. The number of carbonyl (C=O) groups excluding carboxylic acids is 2. The predicted octanol–water partition coefficient (Wildman–Crippen LogP) is 2.31. The van der Waals surface area contributed by atoms with Gasteiger partial charge in [0, 0.05) is 25.5 Å². The van der Waals surface area contributed by atoms with E-state index in [9.17, 15) is 9.59 Å². The van der Waals surface area contributed by atoms with Gasteiger partial charge in [-0.15, -0.1) is 0 Å². The number of rotatable bonds is 3. The van der Waals surface area contributed by atoms with Crippen molar-refractivity contribution in [1.29, 1.82) is 0 Å². The summed E-state index contributed by atoms with van der Waals surface area (Å²) in [5.41, 5.74) is 1.61. The van der Waals surface area contributed by atoms with Crippen LogP contribution in [0.25, 0.3) is 0 Å². The van der Waals surface area contributed by atoms with Crippen molar-refractivity contribution in [3.63, 3.8) is 0 Å². The number of furan rings is 1. The van der Waals surface area contributed by atoms with Gasteiger partial charge in [0.15, 0.2) is 5.76 Å². The van der Waals surface area contributed by atoms with Gasteiger partial charge in [-0.3, -0.25) is 10.1 Å². The summed E-state index contributed by atoms with van der Waals surface area (Å²) in [7, 11) is 3.86. The molecule has 2 N–H and O–H groups in total. The second kappa shape index (κ2) is 5.92. The monoisotopic (exact) mass is 273 g/mol. The average Bonchev–Trinajstić information content (AvgIpc) is 2.93. The molecule has 0 aliphatic heterocycles. The lowest BCUT2D eigenvalue weighted by atomic mass is 10.2. The van der Waals surface area contributed by atoms with Gasteiger partial charge in [-0.05, 0) is 36.4 Å². The van der Waals surface area contributed by atoms with E-state index in [4.69, 9.17) is 4.42 Å². The van der Waals surface area contributed by atoms with Crippen LogP contribution < -0.4 is 15.5 Å². The van der Waals surface area contributed by atoms with Gasteiger partial charge in [-0.1, -0.05) is 0 Å². The van der Waals surface area contributed by atoms with E-state index in [0.29, 0.717) is 5.69 Å². The van der Waals surface area contributed by atoms with Crippen molar-refractivity contribution in [3.8, 4) is 0 Å². The Morgan fingerprint density at radius 2 is 1.80 bits per heavy atom. The van der Waals surface area contributed by atoms with Crippen LogP contribution in [0.2, 0.25) is 0 Å². The van der Waals surface area contributed by atoms with E-state index in [1.165, 1.54) is 12.3 Å². The van der Waals surface area contributed by atoms with Crippen LogP contribution in [0.3, 0.4) is 0 Å². The molecule has 0 aliphatic rings. The number of urea groups is 1. The quantitative estimate of drug-likeness (QED) is 0.900. The molecule has 0 unspecified atom stereocenters. The molecule has 6 heteroatoms. The number of carbonyl (C=O) groups is 2. The molecule has 1 aromatic heterocycles. The highest BCUT2D eigenvalue weighted by Gasteiger charge is 2.12. The molecule has 6 nitrogen and oxygen atoms in total. The third-order valence-corrected chi connectivity index (χ3v) is 2.61. The Morgan fingerprint density at radius 3 is 2.35 bits per heavy atom. The van der Waals surface area contributed by atoms with Gasteiger partial charge in [0.1, 0.15) is 0 Å². The molecule has 104 valence electrons. The number of anilines is 2. The number of amides is 3. The number of hydrogen-bond donors (Lipinski definition) is 2. The van der Waals surface area contributed by atoms with Crippen molar-refractivity contribution in [3.05, 3.63) is 48.4 Å². The van der Waals surface area contributed by atoms with Crippen LogP contribution in [0.15, 0.2) is 47.1 Å². The van der Waals surface area contributed by atoms with Crippen LogP contribution in [0.5, 0.6) is 0 Å². The SMILES string of the molecule is CN(C)c1ccc(NC(=O)NC(=O)c2ccco2)cc1. The number of nitrogens with zero attached hydrogens (tertiary/aromatic N) is 1. The lowest BCUT2D eigenvalue weighted by molar-refractivity contribution is 0.0940. The number of hydrogen-bond acceptors (Lipinski definition) is 4. The zero-order chi connectivity index (χ0) is 14.5. The minimum absolute atomic E-state index is 0.0862. The van der Waals surface area contributed by atoms with Crippen LogP contribution in [0.1, 0.15) is 10.6 Å². The second-order valence-electron chi connectivity index (χ2n) is 4.33. The van der Waals surface area contributed by atoms with Gasteiger partial charge < -0.3 is 14.6 Å². The summed E-state index contributed by atoms with van der Waals surface area (Å²) in [5, 5.41) is 4.74. The van der Waals surface area contributed by atoms with E-state index < -0.39 is 11.9 Å². The molecule has 1 aromatic carbocycles. The largest absolute Gasteiger partial charge is 0.459 e. The highest BCUT2D eigenvalue weighted by Crippen LogP contribution is 2.15. The van der Waals surface area contributed by atoms with Crippen LogP contribution in [-0.4, -0.2) is 26.0 Å². The van der Waals surface area contributed by atoms with Gasteiger partial charge in [0.25, 0.3) is 5.91 Å². The van der Waals surface area contributed by atoms with Crippen molar-refractivity contribution in [2.75, 3.05) is 24.3 Å². The highest BCUT2D eigenvalue weighted by molar-refractivity contribution is 6.06. The van der Waals surface area contributed by atoms with Gasteiger partial charge in [0.2, 0.25) is 0 Å². The standard InChI is InChI=1S/C14H15N3O3/c1-17(2)11-7-5-10(6-8-11)15-14(19)16-13(18)12-4-3-9-20-12/h3-9H,1-2H3,(H2,15,16,18,19).